The van der Waals surface area contributed by atoms with E-state index in [2.05, 4.69) is 25.5 Å². The Morgan fingerprint density at radius 3 is 2.70 bits per heavy atom. The smallest absolute Gasteiger partial charge is 0.255 e. The van der Waals surface area contributed by atoms with Gasteiger partial charge in [-0.05, 0) is 61.6 Å². The highest BCUT2D eigenvalue weighted by Crippen LogP contribution is 2.33. The van der Waals surface area contributed by atoms with E-state index >= 15 is 0 Å². The van der Waals surface area contributed by atoms with Crippen LogP contribution in [0.15, 0.2) is 65.3 Å². The Morgan fingerprint density at radius 2 is 1.91 bits per heavy atom. The molecule has 0 spiro atoms. The van der Waals surface area contributed by atoms with Gasteiger partial charge < -0.3 is 41.0 Å². The molecule has 3 unspecified atom stereocenters. The molecule has 0 bridgehead atoms. The number of carbonyl (C=O) groups is 5. The minimum atomic E-state index is -0.711. The first-order valence-corrected chi connectivity index (χ1v) is 18.7. The maximum atomic E-state index is 13.0. The lowest BCUT2D eigenvalue weighted by atomic mass is 9.80. The maximum absolute atomic E-state index is 13.0. The number of piperidine rings is 1. The van der Waals surface area contributed by atoms with E-state index in [1.54, 1.807) is 29.2 Å². The number of amidine groups is 1. The summed E-state index contributed by atoms with van der Waals surface area (Å²) in [5.41, 5.74) is 9.98. The van der Waals surface area contributed by atoms with Crippen molar-refractivity contribution < 1.29 is 33.8 Å². The van der Waals surface area contributed by atoms with Crippen LogP contribution in [0.5, 0.6) is 0 Å². The number of ether oxygens (including phenoxy) is 1. The number of aliphatic hydroxyl groups excluding tert-OH is 1. The first-order chi connectivity index (χ1) is 26.0. The fourth-order valence-electron chi connectivity index (χ4n) is 7.36. The van der Waals surface area contributed by atoms with Gasteiger partial charge in [-0.3, -0.25) is 24.0 Å². The van der Waals surface area contributed by atoms with Crippen molar-refractivity contribution in [2.75, 3.05) is 31.6 Å². The highest BCUT2D eigenvalue weighted by atomic mass is 16.5. The molecule has 1 aliphatic carbocycles. The molecule has 14 nitrogen and oxygen atoms in total. The molecule has 2 aliphatic heterocycles. The zero-order valence-corrected chi connectivity index (χ0v) is 30.8. The molecule has 6 N–H and O–H groups in total. The van der Waals surface area contributed by atoms with Gasteiger partial charge in [0.2, 0.25) is 17.7 Å². The van der Waals surface area contributed by atoms with Crippen LogP contribution in [-0.2, 0) is 37.0 Å². The van der Waals surface area contributed by atoms with Gasteiger partial charge in [-0.1, -0.05) is 26.0 Å². The molecule has 6 rings (SSSR count). The van der Waals surface area contributed by atoms with Crippen molar-refractivity contribution in [3.63, 3.8) is 0 Å². The Hall–Kier alpha value is -5.34. The number of rotatable bonds is 15. The Labute approximate surface area is 314 Å². The lowest BCUT2D eigenvalue weighted by Crippen LogP contribution is -2.50. The molecular formula is C40H49N7O7. The molecule has 3 aromatic rings. The standard InChI is InChI=1S/C40H49N7O7/c1-24(2)28-21-29(35(49)22-34(28)48)38(41)44-26-11-12-32-25(20-26)13-16-46(32)17-19-54-18-15-42-36(50)9-4-10-37(51)45-31-7-3-6-27-30(31)23-47(40(27)53)33-8-5-14-43-39(33)52/h3,6-7,11-13,16,20-21,24,28,33-34,48H,4-5,8-10,14-15,17-19,22-23H2,1-2H3,(H2,41,44)(H,42,50)(H,43,52)(H,45,51). The highest BCUT2D eigenvalue weighted by Gasteiger charge is 2.38. The number of ketones is 1. The number of nitrogens with two attached hydrogens (primary N) is 1. The Kier molecular flexibility index (Phi) is 12.2. The van der Waals surface area contributed by atoms with Crippen molar-refractivity contribution in [2.24, 2.45) is 22.6 Å². The molecule has 14 heteroatoms. The molecular weight excluding hydrogens is 690 g/mol. The molecule has 0 radical (unpaired) electrons. The van der Waals surface area contributed by atoms with Crippen molar-refractivity contribution in [3.05, 3.63) is 71.4 Å². The van der Waals surface area contributed by atoms with Crippen LogP contribution < -0.4 is 21.7 Å². The fraction of sp³-hybridized carbons (Fsp3) is 0.450. The van der Waals surface area contributed by atoms with Crippen LogP contribution in [0.4, 0.5) is 11.4 Å². The van der Waals surface area contributed by atoms with Gasteiger partial charge in [-0.15, -0.1) is 0 Å². The summed E-state index contributed by atoms with van der Waals surface area (Å²) in [4.78, 5) is 69.2. The number of aliphatic hydroxyl groups is 1. The molecule has 1 fully saturated rings. The predicted octanol–water partition coefficient (Wildman–Crippen LogP) is 3.34. The van der Waals surface area contributed by atoms with E-state index in [9.17, 15) is 29.1 Å². The molecule has 3 aliphatic rings. The number of amides is 4. The number of benzene rings is 2. The van der Waals surface area contributed by atoms with Crippen LogP contribution in [0.25, 0.3) is 10.9 Å². The molecule has 54 heavy (non-hydrogen) atoms. The normalized spacial score (nSPS) is 20.3. The zero-order chi connectivity index (χ0) is 38.4. The van der Waals surface area contributed by atoms with E-state index in [1.165, 1.54) is 0 Å². The van der Waals surface area contributed by atoms with E-state index in [0.29, 0.717) is 73.8 Å². The number of fused-ring (bicyclic) bond motifs is 2. The first-order valence-electron chi connectivity index (χ1n) is 18.7. The lowest BCUT2D eigenvalue weighted by Gasteiger charge is -2.30. The minimum Gasteiger partial charge on any atom is -0.392 e. The topological polar surface area (TPSA) is 197 Å². The summed E-state index contributed by atoms with van der Waals surface area (Å²) in [5.74, 6) is -0.824. The van der Waals surface area contributed by atoms with Gasteiger partial charge >= 0.3 is 0 Å². The summed E-state index contributed by atoms with van der Waals surface area (Å²) in [7, 11) is 0. The van der Waals surface area contributed by atoms with Crippen LogP contribution in [0.2, 0.25) is 0 Å². The van der Waals surface area contributed by atoms with E-state index in [1.807, 2.05) is 44.3 Å². The fourth-order valence-corrected chi connectivity index (χ4v) is 7.36. The van der Waals surface area contributed by atoms with Crippen molar-refractivity contribution in [3.8, 4) is 0 Å². The minimum absolute atomic E-state index is 0.0373. The first kappa shape index (κ1) is 38.4. The number of nitrogens with zero attached hydrogens (tertiary/aromatic N) is 3. The Bertz CT molecular complexity index is 1980. The number of aromatic nitrogens is 1. The van der Waals surface area contributed by atoms with E-state index in [0.717, 1.165) is 17.3 Å². The number of hydrogen-bond acceptors (Lipinski definition) is 8. The maximum Gasteiger partial charge on any atom is 0.255 e. The molecule has 3 atom stereocenters. The molecule has 3 heterocycles. The van der Waals surface area contributed by atoms with Gasteiger partial charge in [0.15, 0.2) is 5.78 Å². The number of anilines is 1. The summed E-state index contributed by atoms with van der Waals surface area (Å²) in [5, 5.41) is 19.8. The van der Waals surface area contributed by atoms with Gasteiger partial charge in [0.05, 0.1) is 30.6 Å². The summed E-state index contributed by atoms with van der Waals surface area (Å²) in [6, 6.07) is 12.3. The molecule has 0 saturated carbocycles. The van der Waals surface area contributed by atoms with E-state index in [4.69, 9.17) is 10.5 Å². The molecule has 2 aromatic carbocycles. The van der Waals surface area contributed by atoms with Crippen molar-refractivity contribution in [2.45, 2.75) is 77.6 Å². The number of hydrogen-bond donors (Lipinski definition) is 5. The van der Waals surface area contributed by atoms with Crippen molar-refractivity contribution >= 4 is 57.5 Å². The molecule has 1 aromatic heterocycles. The highest BCUT2D eigenvalue weighted by molar-refractivity contribution is 6.22. The van der Waals surface area contributed by atoms with Gasteiger partial charge in [0.1, 0.15) is 11.9 Å². The number of Topliss-reactive ketones (excluding diaryl/α,β-unsaturated/α-hetero) is 1. The number of aliphatic imine (C=N–C) groups is 1. The number of nitrogens with one attached hydrogen (secondary N) is 3. The third-order valence-corrected chi connectivity index (χ3v) is 10.3. The van der Waals surface area contributed by atoms with Gasteiger partial charge in [0.25, 0.3) is 5.91 Å². The van der Waals surface area contributed by atoms with Crippen LogP contribution in [0, 0.1) is 11.8 Å². The van der Waals surface area contributed by atoms with E-state index in [-0.39, 0.29) is 72.9 Å². The third kappa shape index (κ3) is 8.88. The second kappa shape index (κ2) is 17.2. The lowest BCUT2D eigenvalue weighted by molar-refractivity contribution is -0.127. The van der Waals surface area contributed by atoms with Crippen LogP contribution >= 0.6 is 0 Å². The van der Waals surface area contributed by atoms with Crippen molar-refractivity contribution in [1.82, 2.24) is 20.1 Å². The number of carbonyl (C=O) groups excluding carboxylic acids is 5. The Balaban J connectivity index is 0.885. The van der Waals surface area contributed by atoms with Crippen LogP contribution in [0.1, 0.15) is 68.3 Å². The van der Waals surface area contributed by atoms with Gasteiger partial charge in [0, 0.05) is 85.3 Å². The zero-order valence-electron chi connectivity index (χ0n) is 30.8. The average Bonchev–Trinajstić information content (AvgIpc) is 3.70. The molecule has 286 valence electrons. The summed E-state index contributed by atoms with van der Waals surface area (Å²) in [6.07, 6.45) is 5.15. The largest absolute Gasteiger partial charge is 0.392 e. The molecule has 4 amide bonds. The predicted molar refractivity (Wildman–Crippen MR) is 204 cm³/mol. The second-order valence-corrected chi connectivity index (χ2v) is 14.4. The third-order valence-electron chi connectivity index (χ3n) is 10.3. The Morgan fingerprint density at radius 1 is 1.09 bits per heavy atom. The average molecular weight is 740 g/mol. The van der Waals surface area contributed by atoms with Gasteiger partial charge in [-0.25, -0.2) is 4.99 Å². The second-order valence-electron chi connectivity index (χ2n) is 14.4. The quantitative estimate of drug-likeness (QED) is 0.0889. The summed E-state index contributed by atoms with van der Waals surface area (Å²) >= 11 is 0. The molecule has 1 saturated heterocycles. The van der Waals surface area contributed by atoms with Crippen molar-refractivity contribution in [1.29, 1.82) is 0 Å². The van der Waals surface area contributed by atoms with Crippen LogP contribution in [0.3, 0.4) is 0 Å². The van der Waals surface area contributed by atoms with Gasteiger partial charge in [-0.2, -0.15) is 0 Å². The van der Waals surface area contributed by atoms with Crippen LogP contribution in [-0.4, -0.2) is 88.3 Å². The summed E-state index contributed by atoms with van der Waals surface area (Å²) in [6.45, 7) is 6.59. The SMILES string of the molecule is CC(C)C1C=C(C(N)=Nc2ccc3c(ccn3CCOCCNC(=O)CCCC(=O)Nc3cccc4c3CN(C3CCCNC3=O)C4=O)c2)C(=O)CC1O. The summed E-state index contributed by atoms with van der Waals surface area (Å²) < 4.78 is 7.81. The van der Waals surface area contributed by atoms with E-state index < -0.39 is 12.1 Å². The monoisotopic (exact) mass is 739 g/mol.